The second-order valence-corrected chi connectivity index (χ2v) is 12.8. The van der Waals surface area contributed by atoms with Crippen LogP contribution in [0.15, 0.2) is 55.6 Å². The number of amides is 3. The number of benzene rings is 1. The molecule has 1 aromatic rings. The highest BCUT2D eigenvalue weighted by Gasteiger charge is 2.75. The van der Waals surface area contributed by atoms with Gasteiger partial charge in [0, 0.05) is 19.0 Å². The second-order valence-electron chi connectivity index (χ2n) is 12.8. The topological polar surface area (TPSA) is 125 Å². The summed E-state index contributed by atoms with van der Waals surface area (Å²) in [5.41, 5.74) is -0.446. The van der Waals surface area contributed by atoms with Crippen LogP contribution in [0.2, 0.25) is 0 Å². The molecule has 2 N–H and O–H groups in total. The average molecular weight is 624 g/mol. The van der Waals surface area contributed by atoms with Crippen molar-refractivity contribution in [3.05, 3.63) is 61.2 Å². The molecule has 0 saturated carbocycles. The van der Waals surface area contributed by atoms with Gasteiger partial charge in [0.2, 0.25) is 17.7 Å². The van der Waals surface area contributed by atoms with Gasteiger partial charge in [-0.1, -0.05) is 62.8 Å². The molecule has 246 valence electrons. The Hall–Kier alpha value is -3.50. The molecule has 0 aromatic heterocycles. The molecule has 10 nitrogen and oxygen atoms in total. The molecular formula is C35H49N3O7. The van der Waals surface area contributed by atoms with E-state index >= 15 is 0 Å². The maximum Gasteiger partial charge on any atom is 0.306 e. The summed E-state index contributed by atoms with van der Waals surface area (Å²) in [6, 6.07) is 6.80. The van der Waals surface area contributed by atoms with Crippen molar-refractivity contribution in [2.45, 2.75) is 95.7 Å². The van der Waals surface area contributed by atoms with Crippen LogP contribution in [-0.2, 0) is 28.7 Å². The van der Waals surface area contributed by atoms with Gasteiger partial charge in [0.25, 0.3) is 0 Å². The van der Waals surface area contributed by atoms with Gasteiger partial charge in [-0.3, -0.25) is 19.2 Å². The highest BCUT2D eigenvalue weighted by molar-refractivity contribution is 5.99. The van der Waals surface area contributed by atoms with Crippen LogP contribution in [0.1, 0.15) is 71.4 Å². The molecule has 10 heteroatoms. The summed E-state index contributed by atoms with van der Waals surface area (Å²) >= 11 is 0. The van der Waals surface area contributed by atoms with Crippen molar-refractivity contribution in [1.29, 1.82) is 0 Å². The maximum atomic E-state index is 14.5. The van der Waals surface area contributed by atoms with Gasteiger partial charge >= 0.3 is 5.97 Å². The van der Waals surface area contributed by atoms with E-state index in [1.54, 1.807) is 17.1 Å². The lowest BCUT2D eigenvalue weighted by Crippen LogP contribution is -2.60. The lowest BCUT2D eigenvalue weighted by atomic mass is 9.70. The molecule has 3 aliphatic rings. The number of hydrogen-bond acceptors (Lipinski definition) is 7. The van der Waals surface area contributed by atoms with Crippen molar-refractivity contribution >= 4 is 23.7 Å². The Morgan fingerprint density at radius 1 is 1.20 bits per heavy atom. The van der Waals surface area contributed by atoms with Crippen molar-refractivity contribution in [3.8, 4) is 0 Å². The minimum atomic E-state index is -1.20. The summed E-state index contributed by atoms with van der Waals surface area (Å²) in [6.07, 6.45) is 5.07. The zero-order chi connectivity index (χ0) is 32.9. The quantitative estimate of drug-likeness (QED) is 0.213. The van der Waals surface area contributed by atoms with E-state index in [1.165, 1.54) is 4.90 Å². The van der Waals surface area contributed by atoms with Crippen molar-refractivity contribution < 1.29 is 33.8 Å². The summed E-state index contributed by atoms with van der Waals surface area (Å²) in [4.78, 5) is 58.7. The minimum absolute atomic E-state index is 0.0769. The molecule has 3 aliphatic heterocycles. The predicted molar refractivity (Wildman–Crippen MR) is 170 cm³/mol. The normalized spacial score (nSPS) is 27.1. The van der Waals surface area contributed by atoms with Crippen LogP contribution < -0.4 is 5.32 Å². The van der Waals surface area contributed by atoms with E-state index in [2.05, 4.69) is 18.5 Å². The first-order chi connectivity index (χ1) is 21.6. The zero-order valence-corrected chi connectivity index (χ0v) is 27.0. The van der Waals surface area contributed by atoms with Crippen LogP contribution in [0.4, 0.5) is 0 Å². The number of ether oxygens (including phenoxy) is 2. The molecule has 0 radical (unpaired) electrons. The second kappa shape index (κ2) is 14.7. The van der Waals surface area contributed by atoms with Crippen LogP contribution in [0.25, 0.3) is 0 Å². The van der Waals surface area contributed by atoms with Crippen molar-refractivity contribution in [1.82, 2.24) is 15.1 Å². The predicted octanol–water partition coefficient (Wildman–Crippen LogP) is 3.56. The summed E-state index contributed by atoms with van der Waals surface area (Å²) in [5.74, 6) is -3.24. The van der Waals surface area contributed by atoms with E-state index in [0.717, 1.165) is 5.56 Å². The summed E-state index contributed by atoms with van der Waals surface area (Å²) in [7, 11) is 0. The Kier molecular flexibility index (Phi) is 11.3. The first-order valence-electron chi connectivity index (χ1n) is 16.2. The maximum absolute atomic E-state index is 14.5. The number of rotatable bonds is 16. The number of aliphatic hydroxyl groups is 1. The van der Waals surface area contributed by atoms with Gasteiger partial charge in [0.1, 0.15) is 18.2 Å². The fraction of sp³-hybridized carbons (Fsp3) is 0.600. The van der Waals surface area contributed by atoms with E-state index in [0.29, 0.717) is 32.2 Å². The molecule has 3 amide bonds. The van der Waals surface area contributed by atoms with Gasteiger partial charge in [-0.25, -0.2) is 0 Å². The number of carbonyl (C=O) groups is 4. The van der Waals surface area contributed by atoms with Crippen molar-refractivity contribution in [2.75, 3.05) is 19.8 Å². The van der Waals surface area contributed by atoms with Gasteiger partial charge in [0.05, 0.1) is 36.6 Å². The van der Waals surface area contributed by atoms with Crippen LogP contribution in [0.5, 0.6) is 0 Å². The van der Waals surface area contributed by atoms with Crippen LogP contribution in [0, 0.1) is 17.8 Å². The molecule has 4 rings (SSSR count). The van der Waals surface area contributed by atoms with Crippen molar-refractivity contribution in [2.24, 2.45) is 17.8 Å². The Balaban J connectivity index is 1.69. The molecule has 3 saturated heterocycles. The lowest BCUT2D eigenvalue weighted by Gasteiger charge is -2.41. The molecule has 0 aliphatic carbocycles. The van der Waals surface area contributed by atoms with E-state index in [9.17, 15) is 24.3 Å². The molecule has 1 spiro atoms. The van der Waals surface area contributed by atoms with Crippen LogP contribution in [0.3, 0.4) is 0 Å². The highest BCUT2D eigenvalue weighted by Crippen LogP contribution is 2.59. The highest BCUT2D eigenvalue weighted by atomic mass is 16.5. The molecule has 3 heterocycles. The molecule has 45 heavy (non-hydrogen) atoms. The third-order valence-corrected chi connectivity index (χ3v) is 9.83. The number of fused-ring (bicyclic) bond motifs is 1. The van der Waals surface area contributed by atoms with Crippen LogP contribution in [-0.4, -0.2) is 88.2 Å². The molecule has 1 aromatic carbocycles. The molecule has 3 fully saturated rings. The summed E-state index contributed by atoms with van der Waals surface area (Å²) in [5, 5.41) is 13.6. The Morgan fingerprint density at radius 2 is 1.91 bits per heavy atom. The first-order valence-corrected chi connectivity index (χ1v) is 16.2. The van der Waals surface area contributed by atoms with E-state index in [1.807, 2.05) is 58.0 Å². The van der Waals surface area contributed by atoms with Gasteiger partial charge in [-0.2, -0.15) is 0 Å². The Bertz CT molecular complexity index is 1250. The number of allylic oxidation sites excluding steroid dienone is 1. The average Bonchev–Trinajstić information content (AvgIpc) is 3.68. The van der Waals surface area contributed by atoms with Gasteiger partial charge in [0.15, 0.2) is 0 Å². The largest absolute Gasteiger partial charge is 0.463 e. The molecular weight excluding hydrogens is 574 g/mol. The lowest BCUT2D eigenvalue weighted by molar-refractivity contribution is -0.153. The standard InChI is InChI=1S/C35H49N3O7/c1-7-10-16-28(40)44-21-25(24-14-12-11-13-15-24)36-32(41)29-27-17-18-35(45-27)30(29)33(42)38(26(20-39)23(6)9-3)31(35)34(43)37(19-8-2)22(4)5/h7-8,11-15,22-23,25-27,29-31,39H,1-2,9-10,16-21H2,3-6H3,(H,36,41)/t23-,25-,26-,27+,29-,30-,31+,35-/m0/s1. The van der Waals surface area contributed by atoms with Crippen LogP contribution >= 0.6 is 0 Å². The number of esters is 1. The van der Waals surface area contributed by atoms with E-state index in [4.69, 9.17) is 9.47 Å². The summed E-state index contributed by atoms with van der Waals surface area (Å²) < 4.78 is 12.1. The molecule has 2 bridgehead atoms. The van der Waals surface area contributed by atoms with Gasteiger partial charge in [-0.05, 0) is 44.6 Å². The smallest absolute Gasteiger partial charge is 0.306 e. The van der Waals surface area contributed by atoms with Gasteiger partial charge < -0.3 is 29.7 Å². The monoisotopic (exact) mass is 623 g/mol. The number of carbonyl (C=O) groups excluding carboxylic acids is 4. The number of aliphatic hydroxyl groups excluding tert-OH is 1. The van der Waals surface area contributed by atoms with E-state index < -0.39 is 47.6 Å². The number of hydrogen-bond donors (Lipinski definition) is 2. The fourth-order valence-electron chi connectivity index (χ4n) is 7.34. The zero-order valence-electron chi connectivity index (χ0n) is 27.0. The Morgan fingerprint density at radius 3 is 2.51 bits per heavy atom. The number of likely N-dealkylation sites (tertiary alicyclic amines) is 1. The fourth-order valence-corrected chi connectivity index (χ4v) is 7.34. The third kappa shape index (κ3) is 6.58. The molecule has 0 unspecified atom stereocenters. The number of nitrogens with zero attached hydrogens (tertiary/aromatic N) is 2. The SMILES string of the molecule is C=CCCC(=O)OC[C@H](NC(=O)[C@@H]1[C@H]2C(=O)N([C@@H](CO)[C@@H](C)CC)[C@H](C(=O)N(CC=C)C(C)C)[C@]23CC[C@H]1O3)c1ccccc1. The minimum Gasteiger partial charge on any atom is -0.463 e. The van der Waals surface area contributed by atoms with E-state index in [-0.39, 0.29) is 49.3 Å². The first kappa shape index (κ1) is 34.4. The van der Waals surface area contributed by atoms with Gasteiger partial charge in [-0.15, -0.1) is 13.2 Å². The number of nitrogens with one attached hydrogen (secondary N) is 1. The molecule has 8 atom stereocenters. The summed E-state index contributed by atoms with van der Waals surface area (Å²) in [6.45, 7) is 15.1. The van der Waals surface area contributed by atoms with Crippen molar-refractivity contribution in [3.63, 3.8) is 0 Å². The third-order valence-electron chi connectivity index (χ3n) is 9.83. The Labute approximate surface area is 266 Å².